The van der Waals surface area contributed by atoms with Crippen molar-refractivity contribution >= 4 is 44.8 Å². The van der Waals surface area contributed by atoms with Crippen molar-refractivity contribution in [2.75, 3.05) is 19.1 Å². The molecular formula is C14H12BrNO3S. The number of hydrogen-bond acceptors (Lipinski definition) is 4. The smallest absolute Gasteiger partial charge is 0.350 e. The van der Waals surface area contributed by atoms with E-state index in [4.69, 9.17) is 4.74 Å². The van der Waals surface area contributed by atoms with E-state index in [2.05, 4.69) is 15.9 Å². The number of amides is 1. The predicted octanol–water partition coefficient (Wildman–Crippen LogP) is 3.57. The van der Waals surface area contributed by atoms with E-state index in [-0.39, 0.29) is 5.91 Å². The first-order valence-electron chi connectivity index (χ1n) is 5.74. The molecule has 0 bridgehead atoms. The summed E-state index contributed by atoms with van der Waals surface area (Å²) in [5.41, 5.74) is 1.10. The van der Waals surface area contributed by atoms with Crippen LogP contribution in [0.4, 0.5) is 5.69 Å². The monoisotopic (exact) mass is 353 g/mol. The Morgan fingerprint density at radius 2 is 1.85 bits per heavy atom. The second-order valence-corrected chi connectivity index (χ2v) is 5.83. The van der Waals surface area contributed by atoms with Crippen molar-refractivity contribution in [3.05, 3.63) is 50.6 Å². The molecule has 1 amide bonds. The van der Waals surface area contributed by atoms with Crippen LogP contribution in [-0.2, 0) is 4.74 Å². The van der Waals surface area contributed by atoms with E-state index in [0.29, 0.717) is 16.1 Å². The molecule has 4 nitrogen and oxygen atoms in total. The molecule has 6 heteroatoms. The molecule has 0 atom stereocenters. The van der Waals surface area contributed by atoms with Crippen LogP contribution < -0.4 is 4.90 Å². The van der Waals surface area contributed by atoms with Crippen LogP contribution in [0, 0.1) is 0 Å². The Kier molecular flexibility index (Phi) is 4.57. The second-order valence-electron chi connectivity index (χ2n) is 4.00. The van der Waals surface area contributed by atoms with Crippen molar-refractivity contribution in [1.82, 2.24) is 0 Å². The van der Waals surface area contributed by atoms with Crippen LogP contribution in [0.1, 0.15) is 20.0 Å². The Hall–Kier alpha value is -1.66. The molecule has 0 aliphatic rings. The van der Waals surface area contributed by atoms with Gasteiger partial charge in [-0.1, -0.05) is 15.9 Å². The Morgan fingerprint density at radius 3 is 2.45 bits per heavy atom. The number of halogens is 1. The lowest BCUT2D eigenvalue weighted by Gasteiger charge is -2.17. The van der Waals surface area contributed by atoms with Gasteiger partial charge in [0, 0.05) is 17.1 Å². The summed E-state index contributed by atoms with van der Waals surface area (Å²) in [4.78, 5) is 25.9. The zero-order valence-corrected chi connectivity index (χ0v) is 13.3. The van der Waals surface area contributed by atoms with E-state index < -0.39 is 5.97 Å². The maximum absolute atomic E-state index is 12.4. The topological polar surface area (TPSA) is 46.6 Å². The molecule has 0 fully saturated rings. The van der Waals surface area contributed by atoms with Gasteiger partial charge in [0.15, 0.2) is 0 Å². The summed E-state index contributed by atoms with van der Waals surface area (Å²) in [5.74, 6) is -0.619. The first-order valence-corrected chi connectivity index (χ1v) is 7.41. The van der Waals surface area contributed by atoms with Gasteiger partial charge in [0.05, 0.1) is 12.8 Å². The Labute approximate surface area is 129 Å². The Balaban J connectivity index is 2.29. The summed E-state index contributed by atoms with van der Waals surface area (Å²) in [6.07, 6.45) is 0. The minimum absolute atomic E-state index is 0.180. The zero-order chi connectivity index (χ0) is 14.7. The molecule has 2 aromatic rings. The summed E-state index contributed by atoms with van der Waals surface area (Å²) < 4.78 is 5.62. The van der Waals surface area contributed by atoms with Crippen LogP contribution >= 0.6 is 27.3 Å². The van der Waals surface area contributed by atoms with E-state index in [9.17, 15) is 9.59 Å². The second kappa shape index (κ2) is 6.19. The highest BCUT2D eigenvalue weighted by atomic mass is 79.9. The largest absolute Gasteiger partial charge is 0.465 e. The molecular weight excluding hydrogens is 342 g/mol. The Morgan fingerprint density at radius 1 is 1.20 bits per heavy atom. The van der Waals surface area contributed by atoms with Crippen molar-refractivity contribution in [3.63, 3.8) is 0 Å². The van der Waals surface area contributed by atoms with Crippen LogP contribution in [0.15, 0.2) is 40.2 Å². The molecule has 1 heterocycles. The minimum Gasteiger partial charge on any atom is -0.465 e. The molecule has 20 heavy (non-hydrogen) atoms. The molecule has 0 spiro atoms. The van der Waals surface area contributed by atoms with Gasteiger partial charge in [0.2, 0.25) is 0 Å². The molecule has 0 aliphatic heterocycles. The number of methoxy groups -OCH3 is 1. The summed E-state index contributed by atoms with van der Waals surface area (Å²) in [6, 6.07) is 8.79. The summed E-state index contributed by atoms with van der Waals surface area (Å²) >= 11 is 4.58. The molecule has 0 unspecified atom stereocenters. The van der Waals surface area contributed by atoms with Gasteiger partial charge in [-0.15, -0.1) is 11.3 Å². The molecule has 104 valence electrons. The average Bonchev–Trinajstić information content (AvgIpc) is 2.95. The SMILES string of the molecule is COC(=O)c1sccc1N(C)C(=O)c1ccc(Br)cc1. The van der Waals surface area contributed by atoms with Crippen LogP contribution in [0.3, 0.4) is 0 Å². The number of esters is 1. The molecule has 0 N–H and O–H groups in total. The highest BCUT2D eigenvalue weighted by Gasteiger charge is 2.21. The Bertz CT molecular complexity index is 636. The molecule has 2 rings (SSSR count). The number of anilines is 1. The third-order valence-electron chi connectivity index (χ3n) is 2.77. The zero-order valence-electron chi connectivity index (χ0n) is 10.9. The highest BCUT2D eigenvalue weighted by Crippen LogP contribution is 2.27. The van der Waals surface area contributed by atoms with Gasteiger partial charge in [-0.05, 0) is 35.7 Å². The van der Waals surface area contributed by atoms with Crippen molar-refractivity contribution in [1.29, 1.82) is 0 Å². The minimum atomic E-state index is -0.439. The number of thiophene rings is 1. The predicted molar refractivity (Wildman–Crippen MR) is 82.5 cm³/mol. The molecule has 0 saturated carbocycles. The number of ether oxygens (including phenoxy) is 1. The number of rotatable bonds is 3. The lowest BCUT2D eigenvalue weighted by Crippen LogP contribution is -2.27. The van der Waals surface area contributed by atoms with Gasteiger partial charge >= 0.3 is 5.97 Å². The lowest BCUT2D eigenvalue weighted by molar-refractivity contribution is 0.0607. The maximum Gasteiger partial charge on any atom is 0.350 e. The molecule has 1 aromatic heterocycles. The van der Waals surface area contributed by atoms with Gasteiger partial charge in [-0.2, -0.15) is 0 Å². The number of carbonyl (C=O) groups excluding carboxylic acids is 2. The normalized spacial score (nSPS) is 10.2. The maximum atomic E-state index is 12.4. The standard InChI is InChI=1S/C14H12BrNO3S/c1-16(11-7-8-20-12(11)14(18)19-2)13(17)9-3-5-10(15)6-4-9/h3-8H,1-2H3. The van der Waals surface area contributed by atoms with Crippen molar-refractivity contribution in [2.45, 2.75) is 0 Å². The first-order chi connectivity index (χ1) is 9.54. The van der Waals surface area contributed by atoms with Gasteiger partial charge < -0.3 is 9.64 Å². The molecule has 0 radical (unpaired) electrons. The summed E-state index contributed by atoms with van der Waals surface area (Å²) in [6.45, 7) is 0. The van der Waals surface area contributed by atoms with Crippen LogP contribution in [0.2, 0.25) is 0 Å². The molecule has 0 saturated heterocycles. The van der Waals surface area contributed by atoms with Gasteiger partial charge in [-0.25, -0.2) is 4.79 Å². The van der Waals surface area contributed by atoms with Gasteiger partial charge in [-0.3, -0.25) is 4.79 Å². The fraction of sp³-hybridized carbons (Fsp3) is 0.143. The summed E-state index contributed by atoms with van der Waals surface area (Å²) in [7, 11) is 2.96. The third kappa shape index (κ3) is 2.91. The fourth-order valence-corrected chi connectivity index (χ4v) is 2.81. The number of benzene rings is 1. The number of hydrogen-bond donors (Lipinski definition) is 0. The van der Waals surface area contributed by atoms with Crippen molar-refractivity contribution in [2.24, 2.45) is 0 Å². The quantitative estimate of drug-likeness (QED) is 0.792. The van der Waals surface area contributed by atoms with E-state index in [1.54, 1.807) is 42.8 Å². The van der Waals surface area contributed by atoms with Crippen molar-refractivity contribution < 1.29 is 14.3 Å². The number of carbonyl (C=O) groups is 2. The average molecular weight is 354 g/mol. The third-order valence-corrected chi connectivity index (χ3v) is 4.18. The van der Waals surface area contributed by atoms with E-state index in [1.807, 2.05) is 0 Å². The van der Waals surface area contributed by atoms with E-state index >= 15 is 0 Å². The van der Waals surface area contributed by atoms with E-state index in [1.165, 1.54) is 23.3 Å². The van der Waals surface area contributed by atoms with Gasteiger partial charge in [0.25, 0.3) is 5.91 Å². The van der Waals surface area contributed by atoms with Crippen LogP contribution in [0.25, 0.3) is 0 Å². The fourth-order valence-electron chi connectivity index (χ4n) is 1.71. The van der Waals surface area contributed by atoms with Crippen LogP contribution in [-0.4, -0.2) is 26.0 Å². The molecule has 0 aliphatic carbocycles. The number of nitrogens with zero attached hydrogens (tertiary/aromatic N) is 1. The van der Waals surface area contributed by atoms with Crippen molar-refractivity contribution in [3.8, 4) is 0 Å². The lowest BCUT2D eigenvalue weighted by atomic mass is 10.2. The summed E-state index contributed by atoms with van der Waals surface area (Å²) in [5, 5.41) is 1.76. The van der Waals surface area contributed by atoms with Gasteiger partial charge in [0.1, 0.15) is 4.88 Å². The van der Waals surface area contributed by atoms with Crippen LogP contribution in [0.5, 0.6) is 0 Å². The highest BCUT2D eigenvalue weighted by molar-refractivity contribution is 9.10. The van der Waals surface area contributed by atoms with E-state index in [0.717, 1.165) is 4.47 Å². The first kappa shape index (κ1) is 14.7. The molecule has 1 aromatic carbocycles.